The smallest absolute Gasteiger partial charge is 0.273 e. The Hall–Kier alpha value is -4.20. The zero-order valence-electron chi connectivity index (χ0n) is 15.9. The van der Waals surface area contributed by atoms with Crippen molar-refractivity contribution in [3.05, 3.63) is 88.0 Å². The Kier molecular flexibility index (Phi) is 4.89. The number of amides is 2. The van der Waals surface area contributed by atoms with Gasteiger partial charge in [-0.2, -0.15) is 0 Å². The monoisotopic (exact) mass is 404 g/mol. The molecule has 0 aliphatic carbocycles. The number of carbonyl (C=O) groups excluding carboxylic acids is 2. The summed E-state index contributed by atoms with van der Waals surface area (Å²) in [5, 5.41) is 10.9. The lowest BCUT2D eigenvalue weighted by Gasteiger charge is -2.17. The lowest BCUT2D eigenvalue weighted by Crippen LogP contribution is -2.29. The first-order valence-electron chi connectivity index (χ1n) is 9.16. The fraction of sp³-hybridized carbons (Fsp3) is 0.0909. The topological polar surface area (TPSA) is 99.0 Å². The van der Waals surface area contributed by atoms with Crippen LogP contribution in [-0.2, 0) is 0 Å². The van der Waals surface area contributed by atoms with E-state index in [1.165, 1.54) is 30.3 Å². The second kappa shape index (κ2) is 7.67. The van der Waals surface area contributed by atoms with Crippen LogP contribution in [0.5, 0.6) is 17.2 Å². The third-order valence-electron chi connectivity index (χ3n) is 4.53. The molecule has 2 amide bonds. The zero-order chi connectivity index (χ0) is 21.3. The number of hydrogen-bond donors (Lipinski definition) is 0. The molecule has 0 atom stereocenters. The standard InChI is InChI=1S/C22H16N2O6/c1-2-29-20-9-4-3-8-19(20)23-21(25)17-11-10-16(13-18(17)22(23)26)30-15-7-5-6-14(12-15)24(27)28/h3-13H,2H2,1H3. The van der Waals surface area contributed by atoms with Gasteiger partial charge in [0.25, 0.3) is 17.5 Å². The van der Waals surface area contributed by atoms with Gasteiger partial charge in [-0.25, -0.2) is 4.90 Å². The van der Waals surface area contributed by atoms with Gasteiger partial charge in [0.15, 0.2) is 0 Å². The third-order valence-corrected chi connectivity index (χ3v) is 4.53. The van der Waals surface area contributed by atoms with E-state index in [1.807, 2.05) is 6.92 Å². The molecule has 30 heavy (non-hydrogen) atoms. The molecule has 0 bridgehead atoms. The van der Waals surface area contributed by atoms with Crippen LogP contribution in [0.3, 0.4) is 0 Å². The first-order chi connectivity index (χ1) is 14.5. The van der Waals surface area contributed by atoms with Crippen LogP contribution in [0.4, 0.5) is 11.4 Å². The van der Waals surface area contributed by atoms with E-state index in [1.54, 1.807) is 36.4 Å². The summed E-state index contributed by atoms with van der Waals surface area (Å²) in [5.41, 5.74) is 0.692. The summed E-state index contributed by atoms with van der Waals surface area (Å²) in [6.45, 7) is 2.21. The zero-order valence-corrected chi connectivity index (χ0v) is 15.9. The molecule has 0 aromatic heterocycles. The maximum absolute atomic E-state index is 13.0. The predicted molar refractivity (Wildman–Crippen MR) is 108 cm³/mol. The van der Waals surface area contributed by atoms with Gasteiger partial charge in [0.1, 0.15) is 17.2 Å². The van der Waals surface area contributed by atoms with Gasteiger partial charge in [0.05, 0.1) is 34.4 Å². The minimum Gasteiger partial charge on any atom is -0.492 e. The van der Waals surface area contributed by atoms with Gasteiger partial charge in [0.2, 0.25) is 0 Å². The Bertz CT molecular complexity index is 1170. The molecule has 8 heteroatoms. The van der Waals surface area contributed by atoms with Crippen LogP contribution in [0.1, 0.15) is 27.6 Å². The summed E-state index contributed by atoms with van der Waals surface area (Å²) in [6.07, 6.45) is 0. The number of anilines is 1. The predicted octanol–water partition coefficient (Wildman–Crippen LogP) is 4.59. The molecule has 0 fully saturated rings. The Morgan fingerprint density at radius 1 is 0.900 bits per heavy atom. The molecule has 4 rings (SSSR count). The summed E-state index contributed by atoms with van der Waals surface area (Å²) in [4.78, 5) is 37.4. The second-order valence-electron chi connectivity index (χ2n) is 6.41. The summed E-state index contributed by atoms with van der Waals surface area (Å²) in [5.74, 6) is 0.0214. The molecule has 3 aromatic rings. The van der Waals surface area contributed by atoms with E-state index >= 15 is 0 Å². The van der Waals surface area contributed by atoms with E-state index in [0.717, 1.165) is 4.90 Å². The van der Waals surface area contributed by atoms with Crippen LogP contribution in [0.2, 0.25) is 0 Å². The number of ether oxygens (including phenoxy) is 2. The minimum atomic E-state index is -0.522. The highest BCUT2D eigenvalue weighted by molar-refractivity contribution is 6.35. The average molecular weight is 404 g/mol. The van der Waals surface area contributed by atoms with Gasteiger partial charge >= 0.3 is 0 Å². The summed E-state index contributed by atoms with van der Waals surface area (Å²) >= 11 is 0. The van der Waals surface area contributed by atoms with Crippen molar-refractivity contribution in [1.29, 1.82) is 0 Å². The molecular weight excluding hydrogens is 388 g/mol. The van der Waals surface area contributed by atoms with Crippen molar-refractivity contribution in [2.45, 2.75) is 6.92 Å². The normalized spacial score (nSPS) is 12.6. The maximum Gasteiger partial charge on any atom is 0.273 e. The lowest BCUT2D eigenvalue weighted by molar-refractivity contribution is -0.384. The van der Waals surface area contributed by atoms with E-state index < -0.39 is 16.7 Å². The minimum absolute atomic E-state index is 0.112. The van der Waals surface area contributed by atoms with E-state index in [2.05, 4.69) is 0 Å². The fourth-order valence-electron chi connectivity index (χ4n) is 3.22. The van der Waals surface area contributed by atoms with E-state index in [4.69, 9.17) is 9.47 Å². The summed E-state index contributed by atoms with van der Waals surface area (Å²) in [7, 11) is 0. The first kappa shape index (κ1) is 19.1. The number of nitro groups is 1. The highest BCUT2D eigenvalue weighted by atomic mass is 16.6. The Morgan fingerprint density at radius 2 is 1.63 bits per heavy atom. The molecule has 150 valence electrons. The highest BCUT2D eigenvalue weighted by Gasteiger charge is 2.38. The third kappa shape index (κ3) is 3.35. The molecule has 3 aromatic carbocycles. The number of fused-ring (bicyclic) bond motifs is 1. The summed E-state index contributed by atoms with van der Waals surface area (Å²) in [6, 6.07) is 17.0. The SMILES string of the molecule is CCOc1ccccc1N1C(=O)c2ccc(Oc3cccc([N+](=O)[O-])c3)cc2C1=O. The van der Waals surface area contributed by atoms with Gasteiger partial charge in [-0.1, -0.05) is 18.2 Å². The average Bonchev–Trinajstić information content (AvgIpc) is 2.99. The number of hydrogen-bond acceptors (Lipinski definition) is 6. The van der Waals surface area contributed by atoms with Crippen LogP contribution >= 0.6 is 0 Å². The van der Waals surface area contributed by atoms with Crippen molar-refractivity contribution in [2.24, 2.45) is 0 Å². The number of nitro benzene ring substituents is 1. The maximum atomic E-state index is 13.0. The van der Waals surface area contributed by atoms with Crippen molar-refractivity contribution < 1.29 is 24.0 Å². The van der Waals surface area contributed by atoms with Crippen molar-refractivity contribution in [2.75, 3.05) is 11.5 Å². The number of carbonyl (C=O) groups is 2. The van der Waals surface area contributed by atoms with Crippen LogP contribution < -0.4 is 14.4 Å². The van der Waals surface area contributed by atoms with Crippen molar-refractivity contribution in [3.8, 4) is 17.2 Å². The van der Waals surface area contributed by atoms with Crippen molar-refractivity contribution in [3.63, 3.8) is 0 Å². The van der Waals surface area contributed by atoms with Gasteiger partial charge in [-0.05, 0) is 43.3 Å². The van der Waals surface area contributed by atoms with Gasteiger partial charge < -0.3 is 9.47 Å². The van der Waals surface area contributed by atoms with E-state index in [-0.39, 0.29) is 28.3 Å². The molecule has 8 nitrogen and oxygen atoms in total. The molecule has 0 saturated carbocycles. The van der Waals surface area contributed by atoms with Gasteiger partial charge in [0, 0.05) is 6.07 Å². The molecule has 0 spiro atoms. The van der Waals surface area contributed by atoms with Crippen LogP contribution in [-0.4, -0.2) is 23.3 Å². The molecule has 1 heterocycles. The largest absolute Gasteiger partial charge is 0.492 e. The number of imide groups is 1. The van der Waals surface area contributed by atoms with Gasteiger partial charge in [-0.15, -0.1) is 0 Å². The molecule has 0 N–H and O–H groups in total. The van der Waals surface area contributed by atoms with Crippen molar-refractivity contribution >= 4 is 23.2 Å². The Labute approximate surface area is 171 Å². The number of rotatable bonds is 6. The molecule has 0 saturated heterocycles. The number of para-hydroxylation sites is 2. The van der Waals surface area contributed by atoms with Crippen LogP contribution in [0, 0.1) is 10.1 Å². The van der Waals surface area contributed by atoms with Crippen LogP contribution in [0.15, 0.2) is 66.7 Å². The lowest BCUT2D eigenvalue weighted by atomic mass is 10.1. The number of nitrogens with zero attached hydrogens (tertiary/aromatic N) is 2. The van der Waals surface area contributed by atoms with Gasteiger partial charge in [-0.3, -0.25) is 19.7 Å². The molecule has 1 aliphatic heterocycles. The molecule has 1 aliphatic rings. The number of non-ortho nitro benzene ring substituents is 1. The Balaban J connectivity index is 1.66. The Morgan fingerprint density at radius 3 is 2.40 bits per heavy atom. The number of benzene rings is 3. The highest BCUT2D eigenvalue weighted by Crippen LogP contribution is 2.36. The fourth-order valence-corrected chi connectivity index (χ4v) is 3.22. The first-order valence-corrected chi connectivity index (χ1v) is 9.16. The summed E-state index contributed by atoms with van der Waals surface area (Å²) < 4.78 is 11.2. The van der Waals surface area contributed by atoms with Crippen LogP contribution in [0.25, 0.3) is 0 Å². The van der Waals surface area contributed by atoms with Crippen molar-refractivity contribution in [1.82, 2.24) is 0 Å². The second-order valence-corrected chi connectivity index (χ2v) is 6.41. The molecule has 0 unspecified atom stereocenters. The van der Waals surface area contributed by atoms with E-state index in [0.29, 0.717) is 18.0 Å². The quantitative estimate of drug-likeness (QED) is 0.339. The molecule has 0 radical (unpaired) electrons. The molecular formula is C22H16N2O6. The van der Waals surface area contributed by atoms with E-state index in [9.17, 15) is 19.7 Å².